The second-order valence-electron chi connectivity index (χ2n) is 4.07. The van der Waals surface area contributed by atoms with Crippen LogP contribution in [0.3, 0.4) is 0 Å². The molecule has 1 saturated heterocycles. The molecule has 5 heteroatoms. The molecule has 2 unspecified atom stereocenters. The number of carbonyl (C=O) groups is 1. The number of thiophene rings is 1. The summed E-state index contributed by atoms with van der Waals surface area (Å²) < 4.78 is 0.653. The van der Waals surface area contributed by atoms with E-state index in [4.69, 9.17) is 11.6 Å². The zero-order valence-corrected chi connectivity index (χ0v) is 10.7. The van der Waals surface area contributed by atoms with E-state index in [1.807, 2.05) is 0 Å². The molecule has 1 aliphatic heterocycles. The van der Waals surface area contributed by atoms with Crippen LogP contribution in [0.4, 0.5) is 0 Å². The predicted octanol–water partition coefficient (Wildman–Crippen LogP) is 2.27. The SMILES string of the molecule is CC1NCCCC1NC(=O)c1ccc(Cl)s1. The Morgan fingerprint density at radius 3 is 3.06 bits per heavy atom. The van der Waals surface area contributed by atoms with Crippen LogP contribution in [0.15, 0.2) is 12.1 Å². The average Bonchev–Trinajstić information content (AvgIpc) is 2.68. The van der Waals surface area contributed by atoms with Crippen LogP contribution >= 0.6 is 22.9 Å². The van der Waals surface area contributed by atoms with Crippen molar-refractivity contribution in [3.63, 3.8) is 0 Å². The minimum Gasteiger partial charge on any atom is -0.347 e. The zero-order valence-electron chi connectivity index (χ0n) is 9.13. The summed E-state index contributed by atoms with van der Waals surface area (Å²) >= 11 is 7.12. The third-order valence-corrected chi connectivity index (χ3v) is 4.11. The molecule has 3 nitrogen and oxygen atoms in total. The van der Waals surface area contributed by atoms with Crippen LogP contribution in [0, 0.1) is 0 Å². The van der Waals surface area contributed by atoms with Gasteiger partial charge in [-0.25, -0.2) is 0 Å². The van der Waals surface area contributed by atoms with Crippen LogP contribution in [0.1, 0.15) is 29.4 Å². The topological polar surface area (TPSA) is 41.1 Å². The second kappa shape index (κ2) is 5.17. The fraction of sp³-hybridized carbons (Fsp3) is 0.545. The molecular weight excluding hydrogens is 244 g/mol. The maximum Gasteiger partial charge on any atom is 0.261 e. The lowest BCUT2D eigenvalue weighted by Gasteiger charge is -2.30. The molecular formula is C11H15ClN2OS. The smallest absolute Gasteiger partial charge is 0.261 e. The Kier molecular flexibility index (Phi) is 3.84. The van der Waals surface area contributed by atoms with Crippen molar-refractivity contribution in [2.75, 3.05) is 6.54 Å². The van der Waals surface area contributed by atoms with Gasteiger partial charge in [-0.15, -0.1) is 11.3 Å². The first-order valence-corrected chi connectivity index (χ1v) is 6.66. The molecule has 0 aromatic carbocycles. The lowest BCUT2D eigenvalue weighted by atomic mass is 10.00. The standard InChI is InChI=1S/C11H15ClN2OS/c1-7-8(3-2-6-13-7)14-11(15)9-4-5-10(12)16-9/h4-5,7-8,13H,2-3,6H2,1H3,(H,14,15). The number of halogens is 1. The monoisotopic (exact) mass is 258 g/mol. The van der Waals surface area contributed by atoms with Crippen molar-refractivity contribution in [3.8, 4) is 0 Å². The van der Waals surface area contributed by atoms with Gasteiger partial charge in [0.25, 0.3) is 5.91 Å². The first-order chi connectivity index (χ1) is 7.66. The number of rotatable bonds is 2. The Bertz CT molecular complexity index is 380. The van der Waals surface area contributed by atoms with Crippen LogP contribution in [0.5, 0.6) is 0 Å². The van der Waals surface area contributed by atoms with E-state index in [9.17, 15) is 4.79 Å². The largest absolute Gasteiger partial charge is 0.347 e. The molecule has 1 aromatic rings. The molecule has 0 bridgehead atoms. The van der Waals surface area contributed by atoms with Gasteiger partial charge in [-0.05, 0) is 38.4 Å². The van der Waals surface area contributed by atoms with Gasteiger partial charge in [0.1, 0.15) is 0 Å². The van der Waals surface area contributed by atoms with Crippen molar-refractivity contribution in [2.45, 2.75) is 31.8 Å². The first kappa shape index (κ1) is 11.9. The van der Waals surface area contributed by atoms with E-state index in [1.165, 1.54) is 11.3 Å². The van der Waals surface area contributed by atoms with Gasteiger partial charge >= 0.3 is 0 Å². The molecule has 2 heterocycles. The number of hydrogen-bond acceptors (Lipinski definition) is 3. The normalized spacial score (nSPS) is 25.4. The van der Waals surface area contributed by atoms with Gasteiger partial charge in [0.05, 0.1) is 9.21 Å². The van der Waals surface area contributed by atoms with Crippen molar-refractivity contribution in [1.82, 2.24) is 10.6 Å². The third-order valence-electron chi connectivity index (χ3n) is 2.88. The summed E-state index contributed by atoms with van der Waals surface area (Å²) in [6, 6.07) is 4.09. The number of piperidine rings is 1. The summed E-state index contributed by atoms with van der Waals surface area (Å²) in [7, 11) is 0. The maximum absolute atomic E-state index is 11.9. The number of carbonyl (C=O) groups excluding carboxylic acids is 1. The molecule has 16 heavy (non-hydrogen) atoms. The van der Waals surface area contributed by atoms with Crippen LogP contribution in [-0.2, 0) is 0 Å². The van der Waals surface area contributed by atoms with Gasteiger partial charge in [-0.2, -0.15) is 0 Å². The van der Waals surface area contributed by atoms with Crippen LogP contribution in [0.2, 0.25) is 4.34 Å². The fourth-order valence-electron chi connectivity index (χ4n) is 1.92. The van der Waals surface area contributed by atoms with E-state index < -0.39 is 0 Å². The second-order valence-corrected chi connectivity index (χ2v) is 5.78. The van der Waals surface area contributed by atoms with Gasteiger partial charge in [0.2, 0.25) is 0 Å². The highest BCUT2D eigenvalue weighted by Gasteiger charge is 2.23. The van der Waals surface area contributed by atoms with Crippen molar-refractivity contribution >= 4 is 28.8 Å². The van der Waals surface area contributed by atoms with Crippen LogP contribution in [0.25, 0.3) is 0 Å². The lowest BCUT2D eigenvalue weighted by molar-refractivity contribution is 0.0924. The molecule has 1 fully saturated rings. The lowest BCUT2D eigenvalue weighted by Crippen LogP contribution is -2.51. The van der Waals surface area contributed by atoms with Crippen molar-refractivity contribution in [2.24, 2.45) is 0 Å². The molecule has 0 saturated carbocycles. The predicted molar refractivity (Wildman–Crippen MR) is 67.3 cm³/mol. The Balaban J connectivity index is 1.96. The average molecular weight is 259 g/mol. The summed E-state index contributed by atoms with van der Waals surface area (Å²) in [6.07, 6.45) is 2.15. The molecule has 1 aromatic heterocycles. The van der Waals surface area contributed by atoms with E-state index >= 15 is 0 Å². The molecule has 2 rings (SSSR count). The highest BCUT2D eigenvalue weighted by molar-refractivity contribution is 7.17. The van der Waals surface area contributed by atoms with E-state index in [2.05, 4.69) is 17.6 Å². The van der Waals surface area contributed by atoms with Crippen LogP contribution < -0.4 is 10.6 Å². The summed E-state index contributed by atoms with van der Waals surface area (Å²) in [5, 5.41) is 6.41. The summed E-state index contributed by atoms with van der Waals surface area (Å²) in [5.74, 6) is -0.0162. The zero-order chi connectivity index (χ0) is 11.5. The third kappa shape index (κ3) is 2.75. The fourth-order valence-corrected chi connectivity index (χ4v) is 2.86. The van der Waals surface area contributed by atoms with Gasteiger partial charge in [-0.3, -0.25) is 4.79 Å². The van der Waals surface area contributed by atoms with Gasteiger partial charge in [0, 0.05) is 12.1 Å². The van der Waals surface area contributed by atoms with Crippen LogP contribution in [-0.4, -0.2) is 24.5 Å². The highest BCUT2D eigenvalue weighted by atomic mass is 35.5. The molecule has 0 spiro atoms. The van der Waals surface area contributed by atoms with Gasteiger partial charge in [-0.1, -0.05) is 11.6 Å². The van der Waals surface area contributed by atoms with Gasteiger partial charge < -0.3 is 10.6 Å². The molecule has 0 radical (unpaired) electrons. The molecule has 0 aliphatic carbocycles. The molecule has 88 valence electrons. The minimum absolute atomic E-state index is 0.0162. The number of hydrogen-bond donors (Lipinski definition) is 2. The minimum atomic E-state index is -0.0162. The van der Waals surface area contributed by atoms with E-state index in [1.54, 1.807) is 12.1 Å². The number of amides is 1. The highest BCUT2D eigenvalue weighted by Crippen LogP contribution is 2.21. The molecule has 1 amide bonds. The number of nitrogens with one attached hydrogen (secondary N) is 2. The van der Waals surface area contributed by atoms with Crippen molar-refractivity contribution < 1.29 is 4.79 Å². The van der Waals surface area contributed by atoms with Crippen molar-refractivity contribution in [1.29, 1.82) is 0 Å². The Morgan fingerprint density at radius 1 is 1.62 bits per heavy atom. The van der Waals surface area contributed by atoms with Crippen molar-refractivity contribution in [3.05, 3.63) is 21.3 Å². The quantitative estimate of drug-likeness (QED) is 0.855. The molecule has 2 atom stereocenters. The van der Waals surface area contributed by atoms with Gasteiger partial charge in [0.15, 0.2) is 0 Å². The Hall–Kier alpha value is -0.580. The van der Waals surface area contributed by atoms with E-state index in [0.717, 1.165) is 19.4 Å². The van der Waals surface area contributed by atoms with E-state index in [0.29, 0.717) is 15.3 Å². The first-order valence-electron chi connectivity index (χ1n) is 5.46. The maximum atomic E-state index is 11.9. The summed E-state index contributed by atoms with van der Waals surface area (Å²) in [4.78, 5) is 12.6. The van der Waals surface area contributed by atoms with E-state index in [-0.39, 0.29) is 11.9 Å². The Morgan fingerprint density at radius 2 is 2.44 bits per heavy atom. The summed E-state index contributed by atoms with van der Waals surface area (Å²) in [5.41, 5.74) is 0. The Labute approximate surface area is 104 Å². The molecule has 2 N–H and O–H groups in total. The molecule has 1 aliphatic rings. The summed E-state index contributed by atoms with van der Waals surface area (Å²) in [6.45, 7) is 3.14.